The third-order valence-electron chi connectivity index (χ3n) is 2.47. The van der Waals surface area contributed by atoms with Gasteiger partial charge in [0.15, 0.2) is 0 Å². The molecule has 0 aliphatic carbocycles. The molecule has 0 saturated heterocycles. The Kier molecular flexibility index (Phi) is 3.23. The zero-order chi connectivity index (χ0) is 13.1. The zero-order valence-corrected chi connectivity index (χ0v) is 10.1. The van der Waals surface area contributed by atoms with Gasteiger partial charge >= 0.3 is 0 Å². The highest BCUT2D eigenvalue weighted by molar-refractivity contribution is 5.38. The van der Waals surface area contributed by atoms with E-state index in [1.54, 1.807) is 6.92 Å². The molecule has 0 amide bonds. The predicted molar refractivity (Wildman–Crippen MR) is 66.9 cm³/mol. The van der Waals surface area contributed by atoms with Gasteiger partial charge in [-0.15, -0.1) is 0 Å². The molecule has 18 heavy (non-hydrogen) atoms. The quantitative estimate of drug-likeness (QED) is 0.613. The van der Waals surface area contributed by atoms with Crippen molar-refractivity contribution in [1.82, 2.24) is 4.98 Å². The van der Waals surface area contributed by atoms with E-state index in [0.29, 0.717) is 17.3 Å². The standard InChI is InChI=1S/C13H12N2O3/c1-9-3-5-11(6-4-9)18-13-8-7-12(15(16)17)10(2)14-13/h3-8H,1-2H3. The SMILES string of the molecule is Cc1ccc(Oc2ccc([N+](=O)[O-])c(C)n2)cc1. The summed E-state index contributed by atoms with van der Waals surface area (Å²) in [5.41, 5.74) is 1.46. The molecule has 1 aromatic heterocycles. The molecule has 1 aromatic carbocycles. The van der Waals surface area contributed by atoms with Crippen LogP contribution in [0.1, 0.15) is 11.3 Å². The molecule has 2 rings (SSSR count). The lowest BCUT2D eigenvalue weighted by Gasteiger charge is -2.05. The molecule has 0 aliphatic heterocycles. The van der Waals surface area contributed by atoms with Crippen molar-refractivity contribution in [2.24, 2.45) is 0 Å². The summed E-state index contributed by atoms with van der Waals surface area (Å²) in [6, 6.07) is 10.4. The Morgan fingerprint density at radius 3 is 2.33 bits per heavy atom. The smallest absolute Gasteiger partial charge is 0.290 e. The highest BCUT2D eigenvalue weighted by atomic mass is 16.6. The third-order valence-corrected chi connectivity index (χ3v) is 2.47. The minimum Gasteiger partial charge on any atom is -0.439 e. The first kappa shape index (κ1) is 12.0. The van der Waals surface area contributed by atoms with Crippen LogP contribution >= 0.6 is 0 Å². The van der Waals surface area contributed by atoms with E-state index in [-0.39, 0.29) is 5.69 Å². The summed E-state index contributed by atoms with van der Waals surface area (Å²) in [6.45, 7) is 3.57. The van der Waals surface area contributed by atoms with Crippen molar-refractivity contribution in [3.63, 3.8) is 0 Å². The van der Waals surface area contributed by atoms with Crippen molar-refractivity contribution >= 4 is 5.69 Å². The predicted octanol–water partition coefficient (Wildman–Crippen LogP) is 3.40. The Bertz CT molecular complexity index is 579. The first-order valence-corrected chi connectivity index (χ1v) is 5.43. The number of hydrogen-bond acceptors (Lipinski definition) is 4. The number of hydrogen-bond donors (Lipinski definition) is 0. The fourth-order valence-electron chi connectivity index (χ4n) is 1.51. The number of nitrogens with zero attached hydrogens (tertiary/aromatic N) is 2. The Labute approximate surface area is 104 Å². The lowest BCUT2D eigenvalue weighted by atomic mass is 10.2. The molecule has 0 unspecified atom stereocenters. The number of rotatable bonds is 3. The van der Waals surface area contributed by atoms with Gasteiger partial charge in [0.05, 0.1) is 4.92 Å². The fourth-order valence-corrected chi connectivity index (χ4v) is 1.51. The molecule has 0 fully saturated rings. The number of aryl methyl sites for hydroxylation is 2. The lowest BCUT2D eigenvalue weighted by molar-refractivity contribution is -0.385. The number of pyridine rings is 1. The second-order valence-corrected chi connectivity index (χ2v) is 3.93. The third kappa shape index (κ3) is 2.63. The van der Waals surface area contributed by atoms with Crippen LogP contribution in [0.15, 0.2) is 36.4 Å². The summed E-state index contributed by atoms with van der Waals surface area (Å²) in [7, 11) is 0. The highest BCUT2D eigenvalue weighted by Gasteiger charge is 2.12. The average Bonchev–Trinajstić information content (AvgIpc) is 2.32. The Morgan fingerprint density at radius 2 is 1.78 bits per heavy atom. The van der Waals surface area contributed by atoms with Crippen LogP contribution in [0, 0.1) is 24.0 Å². The van der Waals surface area contributed by atoms with Gasteiger partial charge in [-0.05, 0) is 26.0 Å². The second-order valence-electron chi connectivity index (χ2n) is 3.93. The van der Waals surface area contributed by atoms with Gasteiger partial charge in [-0.25, -0.2) is 4.98 Å². The van der Waals surface area contributed by atoms with E-state index in [1.807, 2.05) is 31.2 Å². The van der Waals surface area contributed by atoms with Crippen molar-refractivity contribution in [2.75, 3.05) is 0 Å². The van der Waals surface area contributed by atoms with Gasteiger partial charge in [0.2, 0.25) is 5.88 Å². The Hall–Kier alpha value is -2.43. The molecular weight excluding hydrogens is 232 g/mol. The Morgan fingerprint density at radius 1 is 1.11 bits per heavy atom. The van der Waals surface area contributed by atoms with Crippen molar-refractivity contribution < 1.29 is 9.66 Å². The minimum atomic E-state index is -0.460. The topological polar surface area (TPSA) is 65.3 Å². The van der Waals surface area contributed by atoms with Crippen LogP contribution in [-0.4, -0.2) is 9.91 Å². The summed E-state index contributed by atoms with van der Waals surface area (Å²) >= 11 is 0. The summed E-state index contributed by atoms with van der Waals surface area (Å²) in [4.78, 5) is 14.2. The van der Waals surface area contributed by atoms with Gasteiger partial charge in [-0.2, -0.15) is 0 Å². The molecule has 5 nitrogen and oxygen atoms in total. The number of ether oxygens (including phenoxy) is 1. The zero-order valence-electron chi connectivity index (χ0n) is 10.1. The van der Waals surface area contributed by atoms with Crippen LogP contribution in [0.2, 0.25) is 0 Å². The van der Waals surface area contributed by atoms with Crippen LogP contribution in [0.3, 0.4) is 0 Å². The van der Waals surface area contributed by atoms with Gasteiger partial charge in [0, 0.05) is 12.1 Å². The van der Waals surface area contributed by atoms with Crippen LogP contribution < -0.4 is 4.74 Å². The number of aromatic nitrogens is 1. The van der Waals surface area contributed by atoms with Crippen molar-refractivity contribution in [1.29, 1.82) is 0 Å². The first-order chi connectivity index (χ1) is 8.56. The highest BCUT2D eigenvalue weighted by Crippen LogP contribution is 2.23. The molecule has 0 saturated carbocycles. The van der Waals surface area contributed by atoms with E-state index in [0.717, 1.165) is 5.56 Å². The largest absolute Gasteiger partial charge is 0.439 e. The van der Waals surface area contributed by atoms with Crippen LogP contribution in [0.4, 0.5) is 5.69 Å². The van der Waals surface area contributed by atoms with E-state index in [1.165, 1.54) is 12.1 Å². The van der Waals surface area contributed by atoms with Gasteiger partial charge in [0.1, 0.15) is 11.4 Å². The van der Waals surface area contributed by atoms with Crippen LogP contribution in [-0.2, 0) is 0 Å². The maximum atomic E-state index is 10.7. The maximum absolute atomic E-state index is 10.7. The molecule has 0 N–H and O–H groups in total. The van der Waals surface area contributed by atoms with Gasteiger partial charge < -0.3 is 4.74 Å². The van der Waals surface area contributed by atoms with E-state index in [2.05, 4.69) is 4.98 Å². The molecule has 5 heteroatoms. The van der Waals surface area contributed by atoms with E-state index in [9.17, 15) is 10.1 Å². The molecule has 2 aromatic rings. The molecular formula is C13H12N2O3. The molecule has 0 bridgehead atoms. The molecule has 0 radical (unpaired) electrons. The molecule has 0 aliphatic rings. The van der Waals surface area contributed by atoms with E-state index >= 15 is 0 Å². The second kappa shape index (κ2) is 4.83. The summed E-state index contributed by atoms with van der Waals surface area (Å²) < 4.78 is 5.52. The summed E-state index contributed by atoms with van der Waals surface area (Å²) in [5, 5.41) is 10.7. The monoisotopic (exact) mass is 244 g/mol. The average molecular weight is 244 g/mol. The van der Waals surface area contributed by atoms with Crippen molar-refractivity contribution in [2.45, 2.75) is 13.8 Å². The minimum absolute atomic E-state index is 0.00810. The molecule has 0 atom stereocenters. The normalized spacial score (nSPS) is 10.1. The van der Waals surface area contributed by atoms with Crippen molar-refractivity contribution in [3.05, 3.63) is 57.8 Å². The van der Waals surface area contributed by atoms with E-state index < -0.39 is 4.92 Å². The molecule has 92 valence electrons. The van der Waals surface area contributed by atoms with Crippen LogP contribution in [0.5, 0.6) is 11.6 Å². The first-order valence-electron chi connectivity index (χ1n) is 5.43. The number of benzene rings is 1. The number of nitro groups is 1. The van der Waals surface area contributed by atoms with Crippen molar-refractivity contribution in [3.8, 4) is 11.6 Å². The molecule has 0 spiro atoms. The lowest BCUT2D eigenvalue weighted by Crippen LogP contribution is -1.96. The van der Waals surface area contributed by atoms with Gasteiger partial charge in [0.25, 0.3) is 5.69 Å². The fraction of sp³-hybridized carbons (Fsp3) is 0.154. The molecule has 1 heterocycles. The summed E-state index contributed by atoms with van der Waals surface area (Å²) in [5.74, 6) is 1.00. The van der Waals surface area contributed by atoms with Gasteiger partial charge in [-0.3, -0.25) is 10.1 Å². The van der Waals surface area contributed by atoms with Gasteiger partial charge in [-0.1, -0.05) is 17.7 Å². The maximum Gasteiger partial charge on any atom is 0.290 e. The summed E-state index contributed by atoms with van der Waals surface area (Å²) in [6.07, 6.45) is 0. The van der Waals surface area contributed by atoms with E-state index in [4.69, 9.17) is 4.74 Å². The Balaban J connectivity index is 2.22. The van der Waals surface area contributed by atoms with Crippen LogP contribution in [0.25, 0.3) is 0 Å².